The Hall–Kier alpha value is -3.48. The van der Waals surface area contributed by atoms with E-state index in [9.17, 15) is 4.79 Å². The third kappa shape index (κ3) is 3.46. The van der Waals surface area contributed by atoms with Gasteiger partial charge in [-0.05, 0) is 42.0 Å². The Morgan fingerprint density at radius 2 is 1.62 bits per heavy atom. The molecular weight excluding hydrogens is 334 g/mol. The quantitative estimate of drug-likeness (QED) is 0.710. The smallest absolute Gasteiger partial charge is 0.264 e. The van der Waals surface area contributed by atoms with E-state index < -0.39 is 0 Å². The lowest BCUT2D eigenvalue weighted by Crippen LogP contribution is -2.14. The summed E-state index contributed by atoms with van der Waals surface area (Å²) in [6.45, 7) is 0. The van der Waals surface area contributed by atoms with Crippen LogP contribution >= 0.6 is 0 Å². The second-order valence-electron chi connectivity index (χ2n) is 5.39. The van der Waals surface area contributed by atoms with Crippen LogP contribution in [0.25, 0.3) is 11.3 Å². The first-order valence-electron chi connectivity index (χ1n) is 7.88. The molecular formula is C19H19N3O4. The molecule has 3 rings (SSSR count). The zero-order valence-corrected chi connectivity index (χ0v) is 14.7. The Morgan fingerprint density at radius 1 is 0.962 bits per heavy atom. The van der Waals surface area contributed by atoms with Crippen LogP contribution in [0.5, 0.6) is 17.2 Å². The number of nitrogens with zero attached hydrogens (tertiary/aromatic N) is 1. The highest BCUT2D eigenvalue weighted by atomic mass is 16.5. The molecule has 0 aliphatic carbocycles. The molecule has 134 valence electrons. The molecule has 0 aliphatic rings. The van der Waals surface area contributed by atoms with Crippen molar-refractivity contribution < 1.29 is 19.0 Å². The number of aromatic nitrogens is 2. The summed E-state index contributed by atoms with van der Waals surface area (Å²) in [7, 11) is 4.62. The van der Waals surface area contributed by atoms with E-state index in [1.807, 2.05) is 24.3 Å². The molecule has 0 saturated carbocycles. The van der Waals surface area contributed by atoms with E-state index in [-0.39, 0.29) is 5.91 Å². The van der Waals surface area contributed by atoms with Crippen LogP contribution in [-0.2, 0) is 0 Å². The Kier molecular flexibility index (Phi) is 5.07. The van der Waals surface area contributed by atoms with Gasteiger partial charge in [-0.15, -0.1) is 0 Å². The van der Waals surface area contributed by atoms with Gasteiger partial charge in [0.1, 0.15) is 22.8 Å². The van der Waals surface area contributed by atoms with Crippen molar-refractivity contribution >= 4 is 11.7 Å². The normalized spacial score (nSPS) is 10.3. The molecule has 0 bridgehead atoms. The van der Waals surface area contributed by atoms with E-state index in [2.05, 4.69) is 15.5 Å². The van der Waals surface area contributed by atoms with Crippen LogP contribution in [0, 0.1) is 0 Å². The molecule has 0 radical (unpaired) electrons. The third-order valence-corrected chi connectivity index (χ3v) is 3.88. The van der Waals surface area contributed by atoms with Crippen molar-refractivity contribution in [2.45, 2.75) is 0 Å². The fraction of sp³-hybridized carbons (Fsp3) is 0.158. The van der Waals surface area contributed by atoms with Crippen molar-refractivity contribution in [2.24, 2.45) is 0 Å². The number of H-pyrrole nitrogens is 1. The molecule has 7 nitrogen and oxygen atoms in total. The maximum atomic E-state index is 12.7. The summed E-state index contributed by atoms with van der Waals surface area (Å²) in [5.74, 6) is 1.64. The number of nitrogens with one attached hydrogen (secondary N) is 2. The Balaban J connectivity index is 1.82. The van der Waals surface area contributed by atoms with E-state index in [4.69, 9.17) is 14.2 Å². The number of benzene rings is 2. The molecule has 0 saturated heterocycles. The van der Waals surface area contributed by atoms with Gasteiger partial charge in [-0.3, -0.25) is 9.89 Å². The molecule has 1 heterocycles. The van der Waals surface area contributed by atoms with Crippen molar-refractivity contribution in [3.63, 3.8) is 0 Å². The minimum Gasteiger partial charge on any atom is -0.497 e. The van der Waals surface area contributed by atoms with Crippen LogP contribution in [0.2, 0.25) is 0 Å². The number of amides is 1. The average Bonchev–Trinajstić information content (AvgIpc) is 3.15. The minimum absolute atomic E-state index is 0.312. The highest BCUT2D eigenvalue weighted by Crippen LogP contribution is 2.29. The van der Waals surface area contributed by atoms with Crippen LogP contribution in [0.4, 0.5) is 5.82 Å². The summed E-state index contributed by atoms with van der Waals surface area (Å²) in [4.78, 5) is 12.7. The fourth-order valence-corrected chi connectivity index (χ4v) is 2.56. The van der Waals surface area contributed by atoms with Crippen molar-refractivity contribution in [1.82, 2.24) is 10.2 Å². The number of hydrogen-bond donors (Lipinski definition) is 2. The highest BCUT2D eigenvalue weighted by Gasteiger charge is 2.19. The van der Waals surface area contributed by atoms with Gasteiger partial charge in [0.05, 0.1) is 27.0 Å². The van der Waals surface area contributed by atoms with Crippen molar-refractivity contribution in [2.75, 3.05) is 26.6 Å². The molecule has 2 aromatic carbocycles. The number of hydrogen-bond acceptors (Lipinski definition) is 5. The number of methoxy groups -OCH3 is 3. The lowest BCUT2D eigenvalue weighted by atomic mass is 10.1. The molecule has 3 aromatic rings. The molecule has 1 aromatic heterocycles. The molecule has 7 heteroatoms. The van der Waals surface area contributed by atoms with Crippen LogP contribution in [0.15, 0.2) is 48.5 Å². The first-order chi connectivity index (χ1) is 12.7. The van der Waals surface area contributed by atoms with Gasteiger partial charge in [-0.25, -0.2) is 0 Å². The Morgan fingerprint density at radius 3 is 2.19 bits per heavy atom. The maximum absolute atomic E-state index is 12.7. The number of ether oxygens (including phenoxy) is 3. The summed E-state index contributed by atoms with van der Waals surface area (Å²) in [6.07, 6.45) is 0. The molecule has 0 aliphatic heterocycles. The van der Waals surface area contributed by atoms with E-state index in [0.717, 1.165) is 17.0 Å². The van der Waals surface area contributed by atoms with Crippen LogP contribution in [0.1, 0.15) is 10.4 Å². The summed E-state index contributed by atoms with van der Waals surface area (Å²) < 4.78 is 15.7. The van der Waals surface area contributed by atoms with Gasteiger partial charge in [0, 0.05) is 6.07 Å². The summed E-state index contributed by atoms with van der Waals surface area (Å²) >= 11 is 0. The SMILES string of the molecule is COc1ccc(-c2cc(NC(=O)c3c(OC)cccc3OC)n[nH]2)cc1. The van der Waals surface area contributed by atoms with E-state index >= 15 is 0 Å². The first kappa shape index (κ1) is 17.3. The lowest BCUT2D eigenvalue weighted by Gasteiger charge is -2.11. The van der Waals surface area contributed by atoms with Gasteiger partial charge in [0.25, 0.3) is 5.91 Å². The molecule has 0 spiro atoms. The second-order valence-corrected chi connectivity index (χ2v) is 5.39. The van der Waals surface area contributed by atoms with Gasteiger partial charge in [-0.1, -0.05) is 6.07 Å². The standard InChI is InChI=1S/C19H19N3O4/c1-24-13-9-7-12(8-10-13)14-11-17(22-21-14)20-19(23)18-15(25-2)5-4-6-16(18)26-3/h4-11H,1-3H3,(H2,20,21,22,23). The predicted octanol–water partition coefficient (Wildman–Crippen LogP) is 3.35. The maximum Gasteiger partial charge on any atom is 0.264 e. The second kappa shape index (κ2) is 7.60. The summed E-state index contributed by atoms with van der Waals surface area (Å²) in [5, 5.41) is 9.80. The van der Waals surface area contributed by atoms with Gasteiger partial charge in [0.15, 0.2) is 5.82 Å². The average molecular weight is 353 g/mol. The fourth-order valence-electron chi connectivity index (χ4n) is 2.56. The molecule has 1 amide bonds. The molecule has 26 heavy (non-hydrogen) atoms. The number of carbonyl (C=O) groups excluding carboxylic acids is 1. The number of anilines is 1. The molecule has 0 fully saturated rings. The number of carbonyl (C=O) groups is 1. The topological polar surface area (TPSA) is 85.5 Å². The van der Waals surface area contributed by atoms with Crippen LogP contribution in [0.3, 0.4) is 0 Å². The monoisotopic (exact) mass is 353 g/mol. The van der Waals surface area contributed by atoms with Crippen molar-refractivity contribution in [3.05, 3.63) is 54.1 Å². The summed E-state index contributed by atoms with van der Waals surface area (Å²) in [6, 6.07) is 14.4. The first-order valence-corrected chi connectivity index (χ1v) is 7.88. The summed E-state index contributed by atoms with van der Waals surface area (Å²) in [5.41, 5.74) is 2.01. The van der Waals surface area contributed by atoms with Gasteiger partial charge in [0.2, 0.25) is 0 Å². The predicted molar refractivity (Wildman–Crippen MR) is 98.1 cm³/mol. The van der Waals surface area contributed by atoms with Crippen LogP contribution < -0.4 is 19.5 Å². The van der Waals surface area contributed by atoms with Crippen LogP contribution in [-0.4, -0.2) is 37.4 Å². The highest BCUT2D eigenvalue weighted by molar-refractivity contribution is 6.08. The van der Waals surface area contributed by atoms with Crippen molar-refractivity contribution in [3.8, 4) is 28.5 Å². The largest absolute Gasteiger partial charge is 0.497 e. The van der Waals surface area contributed by atoms with Gasteiger partial charge >= 0.3 is 0 Å². The van der Waals surface area contributed by atoms with E-state index in [1.54, 1.807) is 31.4 Å². The van der Waals surface area contributed by atoms with E-state index in [1.165, 1.54) is 14.2 Å². The zero-order chi connectivity index (χ0) is 18.5. The van der Waals surface area contributed by atoms with Crippen molar-refractivity contribution in [1.29, 1.82) is 0 Å². The number of rotatable bonds is 6. The Bertz CT molecular complexity index is 881. The number of aromatic amines is 1. The lowest BCUT2D eigenvalue weighted by molar-refractivity contribution is 0.102. The zero-order valence-electron chi connectivity index (χ0n) is 14.7. The molecule has 0 atom stereocenters. The van der Waals surface area contributed by atoms with Gasteiger partial charge in [-0.2, -0.15) is 5.10 Å². The minimum atomic E-state index is -0.368. The third-order valence-electron chi connectivity index (χ3n) is 3.88. The molecule has 0 unspecified atom stereocenters. The molecule has 2 N–H and O–H groups in total. The van der Waals surface area contributed by atoms with Gasteiger partial charge < -0.3 is 19.5 Å². The Labute approximate surface area is 150 Å². The van der Waals surface area contributed by atoms with E-state index in [0.29, 0.717) is 22.9 Å².